The van der Waals surface area contributed by atoms with Crippen molar-refractivity contribution >= 4 is 0 Å². The van der Waals surface area contributed by atoms with Crippen LogP contribution in [0, 0.1) is 11.8 Å². The van der Waals surface area contributed by atoms with Crippen LogP contribution in [-0.2, 0) is 9.47 Å². The van der Waals surface area contributed by atoms with Crippen LogP contribution in [0.3, 0.4) is 0 Å². The summed E-state index contributed by atoms with van der Waals surface area (Å²) in [5.41, 5.74) is 1.03. The summed E-state index contributed by atoms with van der Waals surface area (Å²) >= 11 is 0. The predicted octanol–water partition coefficient (Wildman–Crippen LogP) is 0.381. The lowest BCUT2D eigenvalue weighted by Gasteiger charge is -2.41. The average Bonchev–Trinajstić information content (AvgIpc) is 2.95. The topological polar surface area (TPSA) is 157 Å². The Balaban J connectivity index is 1.90. The molecule has 2 aromatic carbocycles. The van der Waals surface area contributed by atoms with Crippen LogP contribution in [0.1, 0.15) is 23.7 Å². The van der Waals surface area contributed by atoms with Gasteiger partial charge in [-0.25, -0.2) is 0 Å². The molecule has 1 aliphatic heterocycles. The summed E-state index contributed by atoms with van der Waals surface area (Å²) in [6.07, 6.45) is -9.84. The Morgan fingerprint density at radius 2 is 1.42 bits per heavy atom. The SMILES string of the molecule is COc1ccc(C#CC[C@H](O[C@H]2O[C@@H](CO)[C@@H](O)[C@@H](O)[C@H]2O)[C@@H](O)c2ccc(OC)c(OC)c2)cc1OC. The van der Waals surface area contributed by atoms with Crippen LogP contribution < -0.4 is 18.9 Å². The van der Waals surface area contributed by atoms with Gasteiger partial charge < -0.3 is 54.0 Å². The Kier molecular flexibility index (Phi) is 10.6. The van der Waals surface area contributed by atoms with E-state index in [1.165, 1.54) is 28.4 Å². The molecule has 0 radical (unpaired) electrons. The summed E-state index contributed by atoms with van der Waals surface area (Å²) in [5.74, 6) is 7.82. The number of hydrogen-bond donors (Lipinski definition) is 5. The summed E-state index contributed by atoms with van der Waals surface area (Å²) in [5, 5.41) is 51.5. The second kappa shape index (κ2) is 13.6. The van der Waals surface area contributed by atoms with Gasteiger partial charge in [0.1, 0.15) is 36.6 Å². The number of aliphatic hydroxyl groups excluding tert-OH is 5. The molecule has 38 heavy (non-hydrogen) atoms. The molecule has 0 spiro atoms. The quantitative estimate of drug-likeness (QED) is 0.269. The van der Waals surface area contributed by atoms with Crippen LogP contribution in [0.2, 0.25) is 0 Å². The molecular formula is C27H34O11. The monoisotopic (exact) mass is 534 g/mol. The van der Waals surface area contributed by atoms with E-state index in [1.807, 2.05) is 0 Å². The molecule has 0 bridgehead atoms. The van der Waals surface area contributed by atoms with Crippen molar-refractivity contribution in [3.63, 3.8) is 0 Å². The molecule has 0 amide bonds. The van der Waals surface area contributed by atoms with E-state index < -0.39 is 49.5 Å². The number of benzene rings is 2. The van der Waals surface area contributed by atoms with Gasteiger partial charge in [0.15, 0.2) is 29.3 Å². The number of methoxy groups -OCH3 is 4. The summed E-state index contributed by atoms with van der Waals surface area (Å²) < 4.78 is 32.5. The highest BCUT2D eigenvalue weighted by molar-refractivity contribution is 5.48. The predicted molar refractivity (Wildman–Crippen MR) is 134 cm³/mol. The van der Waals surface area contributed by atoms with Crippen molar-refractivity contribution in [3.05, 3.63) is 47.5 Å². The minimum Gasteiger partial charge on any atom is -0.493 e. The fourth-order valence-electron chi connectivity index (χ4n) is 4.01. The standard InChI is InChI=1S/C27H34O11/c1-33-17-10-8-15(12-20(17)35-3)6-5-7-19(23(29)16-9-11-18(34-2)21(13-16)36-4)37-27-26(32)25(31)24(30)22(14-28)38-27/h8-13,19,22-32H,7,14H2,1-4H3/t19-,22-,23-,24+,25+,26+,27-/m0/s1. The van der Waals surface area contributed by atoms with Crippen molar-refractivity contribution < 1.29 is 54.0 Å². The van der Waals surface area contributed by atoms with Gasteiger partial charge in [-0.1, -0.05) is 17.9 Å². The van der Waals surface area contributed by atoms with Crippen LogP contribution >= 0.6 is 0 Å². The van der Waals surface area contributed by atoms with E-state index in [0.29, 0.717) is 34.1 Å². The summed E-state index contributed by atoms with van der Waals surface area (Å²) in [6.45, 7) is -0.618. The van der Waals surface area contributed by atoms with Crippen LogP contribution in [0.15, 0.2) is 36.4 Å². The summed E-state index contributed by atoms with van der Waals surface area (Å²) in [6, 6.07) is 9.98. The van der Waals surface area contributed by atoms with E-state index in [-0.39, 0.29) is 6.42 Å². The maximum absolute atomic E-state index is 11.2. The fourth-order valence-corrected chi connectivity index (χ4v) is 4.01. The molecule has 0 unspecified atom stereocenters. The van der Waals surface area contributed by atoms with E-state index in [4.69, 9.17) is 28.4 Å². The Morgan fingerprint density at radius 1 is 0.816 bits per heavy atom. The maximum Gasteiger partial charge on any atom is 0.187 e. The lowest BCUT2D eigenvalue weighted by atomic mass is 9.98. The molecule has 3 rings (SSSR count). The zero-order chi connectivity index (χ0) is 27.8. The fraction of sp³-hybridized carbons (Fsp3) is 0.481. The second-order valence-electron chi connectivity index (χ2n) is 8.51. The first-order chi connectivity index (χ1) is 18.3. The third-order valence-electron chi connectivity index (χ3n) is 6.18. The molecule has 1 aliphatic rings. The van der Waals surface area contributed by atoms with E-state index in [9.17, 15) is 25.5 Å². The third kappa shape index (κ3) is 6.67. The number of rotatable bonds is 10. The number of hydrogen-bond acceptors (Lipinski definition) is 11. The zero-order valence-electron chi connectivity index (χ0n) is 21.6. The zero-order valence-corrected chi connectivity index (χ0v) is 21.6. The molecule has 0 saturated carbocycles. The van der Waals surface area contributed by atoms with Crippen molar-refractivity contribution in [1.82, 2.24) is 0 Å². The van der Waals surface area contributed by atoms with Crippen LogP contribution in [-0.4, -0.2) is 97.4 Å². The first-order valence-corrected chi connectivity index (χ1v) is 11.8. The minimum absolute atomic E-state index is 0.0289. The molecular weight excluding hydrogens is 500 g/mol. The van der Waals surface area contributed by atoms with E-state index >= 15 is 0 Å². The smallest absolute Gasteiger partial charge is 0.187 e. The largest absolute Gasteiger partial charge is 0.493 e. The first-order valence-electron chi connectivity index (χ1n) is 11.8. The van der Waals surface area contributed by atoms with E-state index in [2.05, 4.69) is 11.8 Å². The van der Waals surface area contributed by atoms with Gasteiger partial charge in [-0.05, 0) is 35.9 Å². The second-order valence-corrected chi connectivity index (χ2v) is 8.51. The Hall–Kier alpha value is -3.08. The van der Waals surface area contributed by atoms with Gasteiger partial charge in [-0.15, -0.1) is 0 Å². The highest BCUT2D eigenvalue weighted by atomic mass is 16.7. The Bertz CT molecular complexity index is 1110. The molecule has 1 fully saturated rings. The summed E-state index contributed by atoms with van der Waals surface area (Å²) in [4.78, 5) is 0. The highest BCUT2D eigenvalue weighted by Gasteiger charge is 2.45. The maximum atomic E-state index is 11.2. The van der Waals surface area contributed by atoms with Gasteiger partial charge in [0, 0.05) is 12.0 Å². The lowest BCUT2D eigenvalue weighted by molar-refractivity contribution is -0.316. The van der Waals surface area contributed by atoms with Crippen LogP contribution in [0.25, 0.3) is 0 Å². The van der Waals surface area contributed by atoms with Crippen molar-refractivity contribution in [3.8, 4) is 34.8 Å². The van der Waals surface area contributed by atoms with Crippen molar-refractivity contribution in [2.45, 2.75) is 49.3 Å². The molecule has 11 nitrogen and oxygen atoms in total. The van der Waals surface area contributed by atoms with Crippen LogP contribution in [0.4, 0.5) is 0 Å². The first kappa shape index (κ1) is 29.5. The van der Waals surface area contributed by atoms with Gasteiger partial charge in [0.25, 0.3) is 0 Å². The molecule has 2 aromatic rings. The van der Waals surface area contributed by atoms with Gasteiger partial charge >= 0.3 is 0 Å². The number of aliphatic hydroxyl groups is 5. The normalized spacial score (nSPS) is 24.5. The van der Waals surface area contributed by atoms with Crippen molar-refractivity contribution in [1.29, 1.82) is 0 Å². The van der Waals surface area contributed by atoms with Crippen LogP contribution in [0.5, 0.6) is 23.0 Å². The Labute approximate surface area is 221 Å². The molecule has 1 saturated heterocycles. The van der Waals surface area contributed by atoms with Crippen molar-refractivity contribution in [2.24, 2.45) is 0 Å². The molecule has 11 heteroatoms. The summed E-state index contributed by atoms with van der Waals surface area (Å²) in [7, 11) is 5.99. The molecule has 7 atom stereocenters. The molecule has 5 N–H and O–H groups in total. The Morgan fingerprint density at radius 3 is 2.03 bits per heavy atom. The molecule has 1 heterocycles. The van der Waals surface area contributed by atoms with Gasteiger partial charge in [-0.2, -0.15) is 0 Å². The molecule has 208 valence electrons. The minimum atomic E-state index is -1.65. The number of ether oxygens (including phenoxy) is 6. The van der Waals surface area contributed by atoms with Gasteiger partial charge in [-0.3, -0.25) is 0 Å². The average molecular weight is 535 g/mol. The molecule has 0 aromatic heterocycles. The van der Waals surface area contributed by atoms with E-state index in [1.54, 1.807) is 36.4 Å². The lowest BCUT2D eigenvalue weighted by Crippen LogP contribution is -2.59. The molecule has 0 aliphatic carbocycles. The van der Waals surface area contributed by atoms with Gasteiger partial charge in [0.05, 0.1) is 35.0 Å². The van der Waals surface area contributed by atoms with Crippen molar-refractivity contribution in [2.75, 3.05) is 35.0 Å². The highest BCUT2D eigenvalue weighted by Crippen LogP contribution is 2.34. The third-order valence-corrected chi connectivity index (χ3v) is 6.18. The van der Waals surface area contributed by atoms with E-state index in [0.717, 1.165) is 0 Å². The van der Waals surface area contributed by atoms with Gasteiger partial charge in [0.2, 0.25) is 0 Å².